The zero-order valence-electron chi connectivity index (χ0n) is 18.4. The highest BCUT2D eigenvalue weighted by Gasteiger charge is 2.22. The molecule has 2 aromatic carbocycles. The fraction of sp³-hybridized carbons (Fsp3) is 0.125. The molecule has 11 heteroatoms. The number of benzene rings is 2. The summed E-state index contributed by atoms with van der Waals surface area (Å²) in [4.78, 5) is 21.4. The maximum atomic E-state index is 13.8. The second kappa shape index (κ2) is 9.01. The lowest BCUT2D eigenvalue weighted by Crippen LogP contribution is -2.14. The SMILES string of the molecule is Cc1ccccc1Cn1cnc(NC(=O)c2cnn3c(C(F)F)cc(-c4ccc(F)cc4)nc23)n1. The van der Waals surface area contributed by atoms with Crippen molar-refractivity contribution in [1.82, 2.24) is 29.4 Å². The molecule has 5 rings (SSSR count). The average Bonchev–Trinajstić information content (AvgIpc) is 3.47. The number of rotatable bonds is 6. The number of hydrogen-bond acceptors (Lipinski definition) is 5. The summed E-state index contributed by atoms with van der Waals surface area (Å²) >= 11 is 0. The van der Waals surface area contributed by atoms with Crippen LogP contribution in [0.15, 0.2) is 67.1 Å². The number of carbonyl (C=O) groups is 1. The summed E-state index contributed by atoms with van der Waals surface area (Å²) in [6, 6.07) is 14.2. The first-order valence-electron chi connectivity index (χ1n) is 10.6. The van der Waals surface area contributed by atoms with E-state index >= 15 is 0 Å². The predicted octanol–water partition coefficient (Wildman–Crippen LogP) is 4.67. The van der Waals surface area contributed by atoms with E-state index in [-0.39, 0.29) is 22.9 Å². The van der Waals surface area contributed by atoms with Gasteiger partial charge in [-0.05, 0) is 48.4 Å². The van der Waals surface area contributed by atoms with Gasteiger partial charge >= 0.3 is 0 Å². The molecule has 3 aromatic heterocycles. The van der Waals surface area contributed by atoms with Crippen molar-refractivity contribution in [2.75, 3.05) is 5.32 Å². The smallest absolute Gasteiger partial charge is 0.280 e. The predicted molar refractivity (Wildman–Crippen MR) is 122 cm³/mol. The Labute approximate surface area is 197 Å². The van der Waals surface area contributed by atoms with Gasteiger partial charge in [0.1, 0.15) is 23.4 Å². The maximum absolute atomic E-state index is 13.8. The number of aromatic nitrogens is 6. The quantitative estimate of drug-likeness (QED) is 0.384. The van der Waals surface area contributed by atoms with Crippen LogP contribution in [0, 0.1) is 12.7 Å². The lowest BCUT2D eigenvalue weighted by molar-refractivity contribution is 0.102. The minimum absolute atomic E-state index is 0.0360. The molecular formula is C24H18F3N7O. The normalized spacial score (nSPS) is 11.3. The van der Waals surface area contributed by atoms with Gasteiger partial charge in [0.15, 0.2) is 5.65 Å². The Bertz CT molecular complexity index is 1530. The summed E-state index contributed by atoms with van der Waals surface area (Å²) in [5, 5.41) is 10.8. The van der Waals surface area contributed by atoms with Gasteiger partial charge in [-0.15, -0.1) is 5.10 Å². The Morgan fingerprint density at radius 2 is 1.89 bits per heavy atom. The average molecular weight is 477 g/mol. The van der Waals surface area contributed by atoms with E-state index in [1.54, 1.807) is 4.68 Å². The van der Waals surface area contributed by atoms with Crippen LogP contribution in [0.5, 0.6) is 0 Å². The lowest BCUT2D eigenvalue weighted by Gasteiger charge is -2.08. The first-order valence-corrected chi connectivity index (χ1v) is 10.6. The largest absolute Gasteiger partial charge is 0.289 e. The molecule has 0 aliphatic rings. The molecule has 0 saturated carbocycles. The van der Waals surface area contributed by atoms with Crippen molar-refractivity contribution in [2.24, 2.45) is 0 Å². The van der Waals surface area contributed by atoms with E-state index in [4.69, 9.17) is 0 Å². The number of nitrogens with zero attached hydrogens (tertiary/aromatic N) is 6. The van der Waals surface area contributed by atoms with E-state index in [0.29, 0.717) is 12.1 Å². The van der Waals surface area contributed by atoms with E-state index < -0.39 is 23.8 Å². The van der Waals surface area contributed by atoms with Gasteiger partial charge in [0, 0.05) is 5.56 Å². The Kier molecular flexibility index (Phi) is 5.73. The summed E-state index contributed by atoms with van der Waals surface area (Å²) in [6.07, 6.45) is -0.241. The molecule has 0 aliphatic carbocycles. The molecule has 0 fully saturated rings. The monoisotopic (exact) mass is 477 g/mol. The van der Waals surface area contributed by atoms with Gasteiger partial charge in [-0.25, -0.2) is 32.3 Å². The molecule has 8 nitrogen and oxygen atoms in total. The summed E-state index contributed by atoms with van der Waals surface area (Å²) < 4.78 is 43.3. The molecular weight excluding hydrogens is 459 g/mol. The van der Waals surface area contributed by atoms with Crippen LogP contribution in [0.4, 0.5) is 19.1 Å². The van der Waals surface area contributed by atoms with E-state index in [2.05, 4.69) is 25.5 Å². The summed E-state index contributed by atoms with van der Waals surface area (Å²) in [5.41, 5.74) is 2.16. The number of carbonyl (C=O) groups excluding carboxylic acids is 1. The molecule has 0 aliphatic heterocycles. The van der Waals surface area contributed by atoms with Gasteiger partial charge in [-0.1, -0.05) is 24.3 Å². The molecule has 0 radical (unpaired) electrons. The van der Waals surface area contributed by atoms with Crippen molar-refractivity contribution in [3.8, 4) is 11.3 Å². The topological polar surface area (TPSA) is 90.0 Å². The van der Waals surface area contributed by atoms with Crippen LogP contribution in [0.3, 0.4) is 0 Å². The minimum atomic E-state index is -2.88. The summed E-state index contributed by atoms with van der Waals surface area (Å²) in [7, 11) is 0. The maximum Gasteiger partial charge on any atom is 0.280 e. The lowest BCUT2D eigenvalue weighted by atomic mass is 10.1. The van der Waals surface area contributed by atoms with Gasteiger partial charge in [-0.3, -0.25) is 10.1 Å². The second-order valence-electron chi connectivity index (χ2n) is 7.81. The molecule has 1 amide bonds. The van der Waals surface area contributed by atoms with Gasteiger partial charge in [0.25, 0.3) is 12.3 Å². The third kappa shape index (κ3) is 4.47. The van der Waals surface area contributed by atoms with Crippen LogP contribution in [0.1, 0.15) is 33.6 Å². The highest BCUT2D eigenvalue weighted by Crippen LogP contribution is 2.27. The van der Waals surface area contributed by atoms with E-state index in [9.17, 15) is 18.0 Å². The van der Waals surface area contributed by atoms with Crippen LogP contribution in [-0.2, 0) is 6.54 Å². The molecule has 1 N–H and O–H groups in total. The highest BCUT2D eigenvalue weighted by atomic mass is 19.3. The fourth-order valence-electron chi connectivity index (χ4n) is 3.63. The van der Waals surface area contributed by atoms with E-state index in [1.807, 2.05) is 31.2 Å². The van der Waals surface area contributed by atoms with Gasteiger partial charge < -0.3 is 0 Å². The molecule has 176 valence electrons. The molecule has 0 unspecified atom stereocenters. The van der Waals surface area contributed by atoms with Gasteiger partial charge in [0.2, 0.25) is 5.95 Å². The summed E-state index contributed by atoms with van der Waals surface area (Å²) in [6.45, 7) is 2.45. The van der Waals surface area contributed by atoms with Crippen LogP contribution >= 0.6 is 0 Å². The first-order chi connectivity index (χ1) is 16.9. The van der Waals surface area contributed by atoms with Crippen molar-refractivity contribution in [1.29, 1.82) is 0 Å². The van der Waals surface area contributed by atoms with Crippen molar-refractivity contribution in [3.63, 3.8) is 0 Å². The third-order valence-electron chi connectivity index (χ3n) is 5.46. The van der Waals surface area contributed by atoms with Gasteiger partial charge in [0.05, 0.1) is 18.4 Å². The molecule has 5 aromatic rings. The van der Waals surface area contributed by atoms with Crippen molar-refractivity contribution in [2.45, 2.75) is 19.9 Å². The molecule has 0 spiro atoms. The number of aryl methyl sites for hydroxylation is 1. The van der Waals surface area contributed by atoms with Crippen molar-refractivity contribution in [3.05, 3.63) is 95.3 Å². The van der Waals surface area contributed by atoms with Crippen LogP contribution in [0.2, 0.25) is 0 Å². The van der Waals surface area contributed by atoms with Crippen LogP contribution in [0.25, 0.3) is 16.9 Å². The Morgan fingerprint density at radius 3 is 2.63 bits per heavy atom. The summed E-state index contributed by atoms with van der Waals surface area (Å²) in [5.74, 6) is -1.08. The van der Waals surface area contributed by atoms with Crippen LogP contribution < -0.4 is 5.32 Å². The molecule has 0 atom stereocenters. The number of alkyl halides is 2. The number of halogens is 3. The molecule has 35 heavy (non-hydrogen) atoms. The zero-order chi connectivity index (χ0) is 24.5. The highest BCUT2D eigenvalue weighted by molar-refractivity contribution is 6.07. The second-order valence-corrected chi connectivity index (χ2v) is 7.81. The van der Waals surface area contributed by atoms with Crippen LogP contribution in [-0.4, -0.2) is 35.3 Å². The fourth-order valence-corrected chi connectivity index (χ4v) is 3.63. The Hall–Kier alpha value is -4.54. The van der Waals surface area contributed by atoms with Crippen molar-refractivity contribution < 1.29 is 18.0 Å². The minimum Gasteiger partial charge on any atom is -0.289 e. The van der Waals surface area contributed by atoms with E-state index in [0.717, 1.165) is 27.9 Å². The molecule has 0 bridgehead atoms. The van der Waals surface area contributed by atoms with Gasteiger partial charge in [-0.2, -0.15) is 5.10 Å². The Morgan fingerprint density at radius 1 is 1.11 bits per heavy atom. The molecule has 0 saturated heterocycles. The van der Waals surface area contributed by atoms with Crippen molar-refractivity contribution >= 4 is 17.5 Å². The third-order valence-corrected chi connectivity index (χ3v) is 5.46. The standard InChI is InChI=1S/C24H18F3N7O/c1-14-4-2-3-5-16(14)12-33-13-28-24(32-33)31-23(35)18-11-29-34-20(21(26)27)10-19(30-22(18)34)15-6-8-17(25)9-7-15/h2-11,13,21H,12H2,1H3,(H,31,32,35). The molecule has 3 heterocycles. The number of nitrogens with one attached hydrogen (secondary N) is 1. The zero-order valence-corrected chi connectivity index (χ0v) is 18.4. The number of amides is 1. The number of fused-ring (bicyclic) bond motifs is 1. The Balaban J connectivity index is 1.45. The van der Waals surface area contributed by atoms with E-state index in [1.165, 1.54) is 30.6 Å². The number of hydrogen-bond donors (Lipinski definition) is 1. The number of anilines is 1. The first kappa shape index (κ1) is 22.3.